The molecule has 2 aliphatic rings. The topological polar surface area (TPSA) is 67.8 Å². The summed E-state index contributed by atoms with van der Waals surface area (Å²) in [4.78, 5) is 24.3. The summed E-state index contributed by atoms with van der Waals surface area (Å²) in [5.74, 6) is 0.0905. The van der Waals surface area contributed by atoms with Crippen molar-refractivity contribution in [3.8, 4) is 5.88 Å². The van der Waals surface area contributed by atoms with Gasteiger partial charge in [-0.25, -0.2) is 14.2 Å². The van der Waals surface area contributed by atoms with Gasteiger partial charge in [0.1, 0.15) is 12.4 Å². The molecule has 1 fully saturated rings. The van der Waals surface area contributed by atoms with Crippen LogP contribution >= 0.6 is 0 Å². The molecule has 31 heavy (non-hydrogen) atoms. The van der Waals surface area contributed by atoms with Crippen molar-refractivity contribution in [3.63, 3.8) is 0 Å². The molecule has 0 bridgehead atoms. The van der Waals surface area contributed by atoms with Crippen LogP contribution in [0.15, 0.2) is 54.7 Å². The first-order valence-corrected chi connectivity index (χ1v) is 10.1. The van der Waals surface area contributed by atoms with Crippen molar-refractivity contribution in [2.24, 2.45) is 0 Å². The molecule has 0 aliphatic carbocycles. The number of rotatable bonds is 5. The molecule has 0 saturated carbocycles. The van der Waals surface area contributed by atoms with E-state index in [0.717, 1.165) is 17.0 Å². The minimum Gasteiger partial charge on any atom is -0.474 e. The highest BCUT2D eigenvalue weighted by atomic mass is 19.1. The van der Waals surface area contributed by atoms with Crippen LogP contribution < -0.4 is 14.5 Å². The van der Waals surface area contributed by atoms with Gasteiger partial charge in [-0.15, -0.1) is 0 Å². The highest BCUT2D eigenvalue weighted by Crippen LogP contribution is 2.32. The molecule has 1 aromatic carbocycles. The number of aromatic nitrogens is 2. The van der Waals surface area contributed by atoms with Crippen molar-refractivity contribution < 1.29 is 18.7 Å². The number of fused-ring (bicyclic) bond motifs is 1. The van der Waals surface area contributed by atoms with Crippen LogP contribution in [0.25, 0.3) is 0 Å². The standard InChI is InChI=1S/C23H21FN4O3/c1-15-4-2-6-22(26-15)30-14-18-12-28(23(29)31-18)17-7-8-21(19(24)10-17)27-11-16-5-3-9-25-20(16)13-27/h2-10,18H,11-14H2,1H3/t18-/m1/s1. The van der Waals surface area contributed by atoms with Gasteiger partial charge in [-0.2, -0.15) is 0 Å². The molecule has 8 heteroatoms. The molecule has 4 heterocycles. The molecule has 2 aliphatic heterocycles. The Bertz CT molecular complexity index is 1110. The maximum Gasteiger partial charge on any atom is 0.414 e. The second-order valence-corrected chi connectivity index (χ2v) is 7.65. The maximum atomic E-state index is 14.9. The largest absolute Gasteiger partial charge is 0.474 e. The predicted octanol–water partition coefficient (Wildman–Crippen LogP) is 3.85. The fourth-order valence-electron chi connectivity index (χ4n) is 3.89. The first-order chi connectivity index (χ1) is 15.1. The molecule has 5 rings (SSSR count). The Kier molecular flexibility index (Phi) is 4.89. The quantitative estimate of drug-likeness (QED) is 0.625. The van der Waals surface area contributed by atoms with Gasteiger partial charge in [0.05, 0.1) is 30.2 Å². The molecule has 1 amide bonds. The summed E-state index contributed by atoms with van der Waals surface area (Å²) in [5.41, 5.74) is 3.84. The van der Waals surface area contributed by atoms with Crippen LogP contribution in [0.5, 0.6) is 5.88 Å². The second-order valence-electron chi connectivity index (χ2n) is 7.65. The average Bonchev–Trinajstić information content (AvgIpc) is 3.35. The number of hydrogen-bond donors (Lipinski definition) is 0. The van der Waals surface area contributed by atoms with Gasteiger partial charge in [-0.05, 0) is 42.8 Å². The zero-order chi connectivity index (χ0) is 21.4. The smallest absolute Gasteiger partial charge is 0.414 e. The molecule has 7 nitrogen and oxygen atoms in total. The Hall–Kier alpha value is -3.68. The number of carbonyl (C=O) groups excluding carboxylic acids is 1. The molecule has 0 N–H and O–H groups in total. The van der Waals surface area contributed by atoms with Crippen molar-refractivity contribution in [2.45, 2.75) is 26.1 Å². The summed E-state index contributed by atoms with van der Waals surface area (Å²) >= 11 is 0. The number of halogens is 1. The van der Waals surface area contributed by atoms with E-state index < -0.39 is 12.2 Å². The van der Waals surface area contributed by atoms with Gasteiger partial charge >= 0.3 is 6.09 Å². The van der Waals surface area contributed by atoms with E-state index >= 15 is 0 Å². The number of amides is 1. The molecule has 1 saturated heterocycles. The molecule has 3 aromatic rings. The lowest BCUT2D eigenvalue weighted by molar-refractivity contribution is 0.103. The molecular formula is C23H21FN4O3. The number of carbonyl (C=O) groups is 1. The van der Waals surface area contributed by atoms with Crippen LogP contribution in [0.4, 0.5) is 20.6 Å². The van der Waals surface area contributed by atoms with Gasteiger partial charge in [0, 0.05) is 24.5 Å². The van der Waals surface area contributed by atoms with Gasteiger partial charge in [0.2, 0.25) is 5.88 Å². The Balaban J connectivity index is 1.25. The number of aryl methyl sites for hydroxylation is 1. The molecule has 158 valence electrons. The van der Waals surface area contributed by atoms with Gasteiger partial charge < -0.3 is 14.4 Å². The zero-order valence-corrected chi connectivity index (χ0v) is 17.0. The summed E-state index contributed by atoms with van der Waals surface area (Å²) in [7, 11) is 0. The highest BCUT2D eigenvalue weighted by molar-refractivity contribution is 5.90. The summed E-state index contributed by atoms with van der Waals surface area (Å²) in [6.07, 6.45) is 0.767. The molecule has 0 radical (unpaired) electrons. The van der Waals surface area contributed by atoms with E-state index in [1.165, 1.54) is 11.0 Å². The summed E-state index contributed by atoms with van der Waals surface area (Å²) in [6.45, 7) is 3.50. The highest BCUT2D eigenvalue weighted by Gasteiger charge is 2.33. The minimum absolute atomic E-state index is 0.179. The van der Waals surface area contributed by atoms with Gasteiger partial charge in [-0.1, -0.05) is 12.1 Å². The third kappa shape index (κ3) is 3.88. The molecule has 0 unspecified atom stereocenters. The molecular weight excluding hydrogens is 399 g/mol. The Morgan fingerprint density at radius 2 is 2.10 bits per heavy atom. The average molecular weight is 420 g/mol. The third-order valence-electron chi connectivity index (χ3n) is 5.42. The van der Waals surface area contributed by atoms with Crippen LogP contribution in [0.3, 0.4) is 0 Å². The first-order valence-electron chi connectivity index (χ1n) is 10.1. The number of pyridine rings is 2. The fourth-order valence-corrected chi connectivity index (χ4v) is 3.89. The number of anilines is 2. The lowest BCUT2D eigenvalue weighted by atomic mass is 10.2. The van der Waals surface area contributed by atoms with E-state index in [2.05, 4.69) is 9.97 Å². The zero-order valence-electron chi connectivity index (χ0n) is 17.0. The Labute approximate surface area is 179 Å². The van der Waals surface area contributed by atoms with Gasteiger partial charge in [0.15, 0.2) is 6.10 Å². The van der Waals surface area contributed by atoms with E-state index in [1.807, 2.05) is 36.1 Å². The number of benzene rings is 1. The van der Waals surface area contributed by atoms with Crippen molar-refractivity contribution in [3.05, 3.63) is 77.5 Å². The van der Waals surface area contributed by atoms with Crippen molar-refractivity contribution in [1.82, 2.24) is 9.97 Å². The normalized spacial score (nSPS) is 17.6. The molecule has 2 aromatic heterocycles. The first kappa shape index (κ1) is 19.3. The summed E-state index contributed by atoms with van der Waals surface area (Å²) in [6, 6.07) is 14.2. The van der Waals surface area contributed by atoms with E-state index in [4.69, 9.17) is 9.47 Å². The van der Waals surface area contributed by atoms with E-state index in [-0.39, 0.29) is 19.0 Å². The van der Waals surface area contributed by atoms with Crippen LogP contribution in [-0.2, 0) is 17.8 Å². The monoisotopic (exact) mass is 420 g/mol. The summed E-state index contributed by atoms with van der Waals surface area (Å²) < 4.78 is 26.0. The fraction of sp³-hybridized carbons (Fsp3) is 0.261. The van der Waals surface area contributed by atoms with Crippen LogP contribution in [0.1, 0.15) is 17.0 Å². The van der Waals surface area contributed by atoms with Gasteiger partial charge in [0.25, 0.3) is 0 Å². The number of hydrogen-bond acceptors (Lipinski definition) is 6. The van der Waals surface area contributed by atoms with Crippen LogP contribution in [0.2, 0.25) is 0 Å². The van der Waals surface area contributed by atoms with E-state index in [1.54, 1.807) is 24.4 Å². The van der Waals surface area contributed by atoms with Crippen molar-refractivity contribution >= 4 is 17.5 Å². The molecule has 0 spiro atoms. The Morgan fingerprint density at radius 3 is 2.90 bits per heavy atom. The van der Waals surface area contributed by atoms with Crippen molar-refractivity contribution in [1.29, 1.82) is 0 Å². The number of nitrogens with zero attached hydrogens (tertiary/aromatic N) is 4. The van der Waals surface area contributed by atoms with Crippen LogP contribution in [0, 0.1) is 12.7 Å². The second kappa shape index (κ2) is 7.86. The Morgan fingerprint density at radius 1 is 1.19 bits per heavy atom. The number of ether oxygens (including phenoxy) is 2. The maximum absolute atomic E-state index is 14.9. The van der Waals surface area contributed by atoms with E-state index in [9.17, 15) is 9.18 Å². The SMILES string of the molecule is Cc1cccc(OC[C@H]2CN(c3ccc(N4Cc5cccnc5C4)c(F)c3)C(=O)O2)n1. The summed E-state index contributed by atoms with van der Waals surface area (Å²) in [5, 5.41) is 0. The minimum atomic E-state index is -0.518. The predicted molar refractivity (Wildman–Crippen MR) is 113 cm³/mol. The molecule has 1 atom stereocenters. The lowest BCUT2D eigenvalue weighted by Crippen LogP contribution is -2.27. The van der Waals surface area contributed by atoms with Gasteiger partial charge in [-0.3, -0.25) is 9.88 Å². The lowest BCUT2D eigenvalue weighted by Gasteiger charge is -2.20. The van der Waals surface area contributed by atoms with Crippen LogP contribution in [-0.4, -0.2) is 35.3 Å². The van der Waals surface area contributed by atoms with E-state index in [0.29, 0.717) is 30.3 Å². The third-order valence-corrected chi connectivity index (χ3v) is 5.42. The van der Waals surface area contributed by atoms with Crippen molar-refractivity contribution in [2.75, 3.05) is 23.0 Å². The number of cyclic esters (lactones) is 1.